The molecule has 0 fully saturated rings. The van der Waals surface area contributed by atoms with E-state index in [4.69, 9.17) is 0 Å². The van der Waals surface area contributed by atoms with Crippen LogP contribution < -0.4 is 10.6 Å². The lowest BCUT2D eigenvalue weighted by molar-refractivity contribution is 0.251. The molecular weight excluding hydrogens is 228 g/mol. The fraction of sp³-hybridized carbons (Fsp3) is 0.231. The topological polar surface area (TPSA) is 59.0 Å². The number of rotatable bonds is 4. The average molecular weight is 244 g/mol. The lowest BCUT2D eigenvalue weighted by Crippen LogP contribution is -2.31. The molecule has 0 aliphatic rings. The van der Waals surface area contributed by atoms with Crippen molar-refractivity contribution in [1.82, 2.24) is 14.9 Å². The number of para-hydroxylation sites is 1. The van der Waals surface area contributed by atoms with Crippen LogP contribution in [0.1, 0.15) is 5.56 Å². The van der Waals surface area contributed by atoms with E-state index in [1.165, 1.54) is 0 Å². The standard InChI is InChI=1S/C13H16N4O/c1-11-4-2-3-5-12(11)16-13(18)15-7-9-17-8-6-14-10-17/h2-6,8,10H,7,9H2,1H3,(H2,15,16,18). The molecule has 0 saturated carbocycles. The van der Waals surface area contributed by atoms with E-state index in [1.807, 2.05) is 42.0 Å². The molecule has 1 aromatic carbocycles. The van der Waals surface area contributed by atoms with Gasteiger partial charge >= 0.3 is 6.03 Å². The zero-order chi connectivity index (χ0) is 12.8. The molecule has 2 N–H and O–H groups in total. The number of carbonyl (C=O) groups is 1. The molecule has 18 heavy (non-hydrogen) atoms. The molecule has 0 aliphatic carbocycles. The van der Waals surface area contributed by atoms with Gasteiger partial charge in [0.2, 0.25) is 0 Å². The van der Waals surface area contributed by atoms with E-state index in [0.717, 1.165) is 11.3 Å². The monoisotopic (exact) mass is 244 g/mol. The summed E-state index contributed by atoms with van der Waals surface area (Å²) in [7, 11) is 0. The molecule has 5 nitrogen and oxygen atoms in total. The Hall–Kier alpha value is -2.30. The Morgan fingerprint density at radius 1 is 1.39 bits per heavy atom. The Labute approximate surface area is 106 Å². The van der Waals surface area contributed by atoms with E-state index in [9.17, 15) is 4.79 Å². The minimum absolute atomic E-state index is 0.190. The van der Waals surface area contributed by atoms with E-state index in [1.54, 1.807) is 12.5 Å². The van der Waals surface area contributed by atoms with Crippen LogP contribution in [0.2, 0.25) is 0 Å². The van der Waals surface area contributed by atoms with Crippen LogP contribution in [0.15, 0.2) is 43.0 Å². The normalized spacial score (nSPS) is 10.1. The van der Waals surface area contributed by atoms with Crippen molar-refractivity contribution in [2.45, 2.75) is 13.5 Å². The molecule has 0 atom stereocenters. The highest BCUT2D eigenvalue weighted by atomic mass is 16.2. The highest BCUT2D eigenvalue weighted by molar-refractivity contribution is 5.89. The van der Waals surface area contributed by atoms with Gasteiger partial charge in [0, 0.05) is 31.2 Å². The number of hydrogen-bond donors (Lipinski definition) is 2. The molecule has 2 aromatic rings. The highest BCUT2D eigenvalue weighted by Gasteiger charge is 2.02. The van der Waals surface area contributed by atoms with Crippen molar-refractivity contribution in [2.75, 3.05) is 11.9 Å². The van der Waals surface area contributed by atoms with Gasteiger partial charge in [-0.3, -0.25) is 0 Å². The first-order chi connectivity index (χ1) is 8.75. The van der Waals surface area contributed by atoms with E-state index >= 15 is 0 Å². The fourth-order valence-corrected chi connectivity index (χ4v) is 1.60. The van der Waals surface area contributed by atoms with Gasteiger partial charge in [0.05, 0.1) is 6.33 Å². The Balaban J connectivity index is 1.77. The second-order valence-electron chi connectivity index (χ2n) is 4.00. The van der Waals surface area contributed by atoms with Crippen LogP contribution in [0.4, 0.5) is 10.5 Å². The molecule has 0 unspecified atom stereocenters. The molecule has 1 heterocycles. The number of hydrogen-bond acceptors (Lipinski definition) is 2. The molecule has 5 heteroatoms. The molecule has 2 amide bonds. The summed E-state index contributed by atoms with van der Waals surface area (Å²) >= 11 is 0. The number of nitrogens with one attached hydrogen (secondary N) is 2. The molecular formula is C13H16N4O. The first-order valence-electron chi connectivity index (χ1n) is 5.82. The zero-order valence-electron chi connectivity index (χ0n) is 10.3. The van der Waals surface area contributed by atoms with E-state index in [0.29, 0.717) is 13.1 Å². The lowest BCUT2D eigenvalue weighted by atomic mass is 10.2. The quantitative estimate of drug-likeness (QED) is 0.864. The summed E-state index contributed by atoms with van der Waals surface area (Å²) in [4.78, 5) is 15.6. The second-order valence-corrected chi connectivity index (χ2v) is 4.00. The van der Waals surface area contributed by atoms with Gasteiger partial charge in [-0.15, -0.1) is 0 Å². The fourth-order valence-electron chi connectivity index (χ4n) is 1.60. The number of nitrogens with zero attached hydrogens (tertiary/aromatic N) is 2. The first kappa shape index (κ1) is 12.2. The molecule has 0 aliphatic heterocycles. The molecule has 1 aromatic heterocycles. The molecule has 0 radical (unpaired) electrons. The van der Waals surface area contributed by atoms with Gasteiger partial charge in [0.15, 0.2) is 0 Å². The van der Waals surface area contributed by atoms with Crippen LogP contribution >= 0.6 is 0 Å². The van der Waals surface area contributed by atoms with Crippen molar-refractivity contribution < 1.29 is 4.79 Å². The number of imidazole rings is 1. The van der Waals surface area contributed by atoms with Crippen molar-refractivity contribution in [3.63, 3.8) is 0 Å². The van der Waals surface area contributed by atoms with Gasteiger partial charge in [-0.2, -0.15) is 0 Å². The summed E-state index contributed by atoms with van der Waals surface area (Å²) in [6.45, 7) is 3.23. The number of urea groups is 1. The Morgan fingerprint density at radius 2 is 2.22 bits per heavy atom. The number of carbonyl (C=O) groups excluding carboxylic acids is 1. The van der Waals surface area contributed by atoms with Gasteiger partial charge in [-0.1, -0.05) is 18.2 Å². The Kier molecular flexibility index (Phi) is 3.96. The summed E-state index contributed by atoms with van der Waals surface area (Å²) < 4.78 is 1.91. The minimum atomic E-state index is -0.190. The van der Waals surface area contributed by atoms with E-state index < -0.39 is 0 Å². The number of amides is 2. The lowest BCUT2D eigenvalue weighted by Gasteiger charge is -2.09. The van der Waals surface area contributed by atoms with E-state index in [2.05, 4.69) is 15.6 Å². The van der Waals surface area contributed by atoms with Gasteiger partial charge in [-0.05, 0) is 18.6 Å². The Morgan fingerprint density at radius 3 is 2.94 bits per heavy atom. The first-order valence-corrected chi connectivity index (χ1v) is 5.82. The summed E-state index contributed by atoms with van der Waals surface area (Å²) in [5, 5.41) is 5.61. The largest absolute Gasteiger partial charge is 0.336 e. The van der Waals surface area contributed by atoms with Crippen LogP contribution in [0.25, 0.3) is 0 Å². The van der Waals surface area contributed by atoms with Crippen molar-refractivity contribution >= 4 is 11.7 Å². The molecule has 0 spiro atoms. The maximum absolute atomic E-state index is 11.6. The second kappa shape index (κ2) is 5.86. The van der Waals surface area contributed by atoms with Crippen LogP contribution in [-0.2, 0) is 6.54 Å². The SMILES string of the molecule is Cc1ccccc1NC(=O)NCCn1ccnc1. The van der Waals surface area contributed by atoms with Crippen LogP contribution in [0.5, 0.6) is 0 Å². The average Bonchev–Trinajstić information content (AvgIpc) is 2.85. The molecule has 94 valence electrons. The predicted octanol–water partition coefficient (Wildman–Crippen LogP) is 2.01. The number of anilines is 1. The summed E-state index contributed by atoms with van der Waals surface area (Å²) in [5.74, 6) is 0. The number of aryl methyl sites for hydroxylation is 1. The predicted molar refractivity (Wildman–Crippen MR) is 70.4 cm³/mol. The third-order valence-corrected chi connectivity index (χ3v) is 2.61. The van der Waals surface area contributed by atoms with Gasteiger partial charge < -0.3 is 15.2 Å². The molecule has 0 saturated heterocycles. The van der Waals surface area contributed by atoms with Crippen molar-refractivity contribution in [2.24, 2.45) is 0 Å². The maximum Gasteiger partial charge on any atom is 0.319 e. The van der Waals surface area contributed by atoms with Crippen molar-refractivity contribution in [1.29, 1.82) is 0 Å². The molecule has 0 bridgehead atoms. The highest BCUT2D eigenvalue weighted by Crippen LogP contribution is 2.12. The van der Waals surface area contributed by atoms with Crippen LogP contribution in [0, 0.1) is 6.92 Å². The third-order valence-electron chi connectivity index (χ3n) is 2.61. The maximum atomic E-state index is 11.6. The minimum Gasteiger partial charge on any atom is -0.336 e. The zero-order valence-corrected chi connectivity index (χ0v) is 10.3. The summed E-state index contributed by atoms with van der Waals surface area (Å²) in [6.07, 6.45) is 5.30. The summed E-state index contributed by atoms with van der Waals surface area (Å²) in [6, 6.07) is 7.49. The Bertz CT molecular complexity index is 507. The van der Waals surface area contributed by atoms with Crippen molar-refractivity contribution in [3.8, 4) is 0 Å². The van der Waals surface area contributed by atoms with Gasteiger partial charge in [0.1, 0.15) is 0 Å². The van der Waals surface area contributed by atoms with Crippen LogP contribution in [0.3, 0.4) is 0 Å². The van der Waals surface area contributed by atoms with Gasteiger partial charge in [0.25, 0.3) is 0 Å². The van der Waals surface area contributed by atoms with Crippen molar-refractivity contribution in [3.05, 3.63) is 48.5 Å². The van der Waals surface area contributed by atoms with Crippen LogP contribution in [-0.4, -0.2) is 22.1 Å². The van der Waals surface area contributed by atoms with E-state index in [-0.39, 0.29) is 6.03 Å². The third kappa shape index (κ3) is 3.35. The number of benzene rings is 1. The summed E-state index contributed by atoms with van der Waals surface area (Å²) in [5.41, 5.74) is 1.87. The number of aromatic nitrogens is 2. The smallest absolute Gasteiger partial charge is 0.319 e. The molecule has 2 rings (SSSR count). The van der Waals surface area contributed by atoms with Gasteiger partial charge in [-0.25, -0.2) is 9.78 Å².